The van der Waals surface area contributed by atoms with Crippen molar-refractivity contribution in [2.45, 2.75) is 32.2 Å². The number of carbonyl (C=O) groups is 1. The van der Waals surface area contributed by atoms with Gasteiger partial charge in [-0.3, -0.25) is 9.48 Å². The molecule has 2 aromatic rings. The minimum Gasteiger partial charge on any atom is -0.497 e. The third kappa shape index (κ3) is 2.98. The Balaban J connectivity index is 1.67. The third-order valence-electron chi connectivity index (χ3n) is 4.12. The van der Waals surface area contributed by atoms with Crippen LogP contribution in [0, 0.1) is 6.92 Å². The van der Waals surface area contributed by atoms with Crippen molar-refractivity contribution in [2.24, 2.45) is 7.05 Å². The molecule has 5 heteroatoms. The average molecular weight is 299 g/mol. The molecule has 0 saturated heterocycles. The summed E-state index contributed by atoms with van der Waals surface area (Å²) in [4.78, 5) is 12.3. The monoisotopic (exact) mass is 299 g/mol. The quantitative estimate of drug-likeness (QED) is 0.923. The van der Waals surface area contributed by atoms with Crippen LogP contribution in [0.5, 0.6) is 5.75 Å². The number of methoxy groups -OCH3 is 1. The zero-order valence-corrected chi connectivity index (χ0v) is 13.2. The van der Waals surface area contributed by atoms with Crippen molar-refractivity contribution in [3.8, 4) is 5.75 Å². The summed E-state index contributed by atoms with van der Waals surface area (Å²) in [5.74, 6) is 1.29. The highest BCUT2D eigenvalue weighted by molar-refractivity contribution is 5.92. The number of hydrogen-bond acceptors (Lipinski definition) is 3. The number of aryl methyl sites for hydroxylation is 2. The van der Waals surface area contributed by atoms with Crippen LogP contribution in [0.4, 0.5) is 0 Å². The molecule has 0 bridgehead atoms. The topological polar surface area (TPSA) is 56.1 Å². The summed E-state index contributed by atoms with van der Waals surface area (Å²) < 4.78 is 6.86. The Hall–Kier alpha value is -2.30. The number of nitrogens with one attached hydrogen (secondary N) is 1. The molecule has 3 rings (SSSR count). The number of benzene rings is 1. The average Bonchev–Trinajstić information content (AvgIpc) is 3.28. The van der Waals surface area contributed by atoms with E-state index in [1.165, 1.54) is 12.8 Å². The van der Waals surface area contributed by atoms with E-state index in [1.54, 1.807) is 11.8 Å². The Kier molecular flexibility index (Phi) is 3.88. The third-order valence-corrected chi connectivity index (χ3v) is 4.12. The number of aromatic nitrogens is 2. The first kappa shape index (κ1) is 14.6. The second-order valence-electron chi connectivity index (χ2n) is 5.83. The van der Waals surface area contributed by atoms with Gasteiger partial charge < -0.3 is 10.1 Å². The van der Waals surface area contributed by atoms with Gasteiger partial charge in [0.25, 0.3) is 5.91 Å². The van der Waals surface area contributed by atoms with Crippen LogP contribution in [0.3, 0.4) is 0 Å². The molecule has 1 saturated carbocycles. The normalized spacial score (nSPS) is 14.0. The molecule has 1 fully saturated rings. The molecule has 0 radical (unpaired) electrons. The minimum atomic E-state index is -0.0860. The van der Waals surface area contributed by atoms with E-state index in [4.69, 9.17) is 4.74 Å². The van der Waals surface area contributed by atoms with Crippen LogP contribution < -0.4 is 10.1 Å². The summed E-state index contributed by atoms with van der Waals surface area (Å²) in [6.45, 7) is 2.51. The van der Waals surface area contributed by atoms with E-state index < -0.39 is 0 Å². The van der Waals surface area contributed by atoms with Gasteiger partial charge in [-0.1, -0.05) is 6.07 Å². The van der Waals surface area contributed by atoms with E-state index in [0.717, 1.165) is 22.6 Å². The lowest BCUT2D eigenvalue weighted by Gasteiger charge is -2.09. The molecule has 116 valence electrons. The maximum atomic E-state index is 12.3. The van der Waals surface area contributed by atoms with Crippen molar-refractivity contribution in [1.82, 2.24) is 15.1 Å². The SMILES string of the molecule is COc1ccc(CNC(=O)c2cc(C3CC3)nn2C)c(C)c1. The molecule has 1 heterocycles. The molecular weight excluding hydrogens is 278 g/mol. The molecular formula is C17H21N3O2. The van der Waals surface area contributed by atoms with Crippen LogP contribution in [0.2, 0.25) is 0 Å². The summed E-state index contributed by atoms with van der Waals surface area (Å²) in [6.07, 6.45) is 2.37. The van der Waals surface area contributed by atoms with Gasteiger partial charge in [0, 0.05) is 19.5 Å². The fraction of sp³-hybridized carbons (Fsp3) is 0.412. The molecule has 1 N–H and O–H groups in total. The molecule has 1 aromatic heterocycles. The van der Waals surface area contributed by atoms with Crippen molar-refractivity contribution in [3.05, 3.63) is 46.8 Å². The van der Waals surface area contributed by atoms with E-state index in [0.29, 0.717) is 18.2 Å². The van der Waals surface area contributed by atoms with Gasteiger partial charge in [-0.15, -0.1) is 0 Å². The van der Waals surface area contributed by atoms with Crippen LogP contribution in [-0.2, 0) is 13.6 Å². The lowest BCUT2D eigenvalue weighted by molar-refractivity contribution is 0.0941. The van der Waals surface area contributed by atoms with E-state index >= 15 is 0 Å². The summed E-state index contributed by atoms with van der Waals surface area (Å²) in [5.41, 5.74) is 3.84. The van der Waals surface area contributed by atoms with Gasteiger partial charge in [0.2, 0.25) is 0 Å². The number of nitrogens with zero attached hydrogens (tertiary/aromatic N) is 2. The molecule has 5 nitrogen and oxygen atoms in total. The second kappa shape index (κ2) is 5.83. The first-order valence-electron chi connectivity index (χ1n) is 7.54. The first-order chi connectivity index (χ1) is 10.6. The van der Waals surface area contributed by atoms with Gasteiger partial charge in [-0.05, 0) is 49.1 Å². The zero-order valence-electron chi connectivity index (χ0n) is 13.2. The molecule has 1 aromatic carbocycles. The highest BCUT2D eigenvalue weighted by atomic mass is 16.5. The van der Waals surface area contributed by atoms with E-state index in [9.17, 15) is 4.79 Å². The van der Waals surface area contributed by atoms with Crippen LogP contribution in [0.15, 0.2) is 24.3 Å². The summed E-state index contributed by atoms with van der Waals surface area (Å²) in [6, 6.07) is 7.77. The number of amides is 1. The Morgan fingerprint density at radius 2 is 2.18 bits per heavy atom. The number of carbonyl (C=O) groups excluding carboxylic acids is 1. The Bertz CT molecular complexity index is 702. The number of rotatable bonds is 5. The molecule has 0 atom stereocenters. The minimum absolute atomic E-state index is 0.0860. The maximum Gasteiger partial charge on any atom is 0.269 e. The van der Waals surface area contributed by atoms with Crippen LogP contribution in [0.1, 0.15) is 46.1 Å². The molecule has 1 aliphatic carbocycles. The standard InChI is InChI=1S/C17H21N3O2/c1-11-8-14(22-3)7-6-13(11)10-18-17(21)16-9-15(12-4-5-12)19-20(16)2/h6-9,12H,4-5,10H2,1-3H3,(H,18,21). The molecule has 1 amide bonds. The van der Waals surface area contributed by atoms with Gasteiger partial charge in [0.1, 0.15) is 11.4 Å². The second-order valence-corrected chi connectivity index (χ2v) is 5.83. The lowest BCUT2D eigenvalue weighted by atomic mass is 10.1. The van der Waals surface area contributed by atoms with Crippen LogP contribution in [-0.4, -0.2) is 22.8 Å². The molecule has 1 aliphatic rings. The van der Waals surface area contributed by atoms with Crippen molar-refractivity contribution >= 4 is 5.91 Å². The van der Waals surface area contributed by atoms with Crippen molar-refractivity contribution in [1.29, 1.82) is 0 Å². The van der Waals surface area contributed by atoms with E-state index in [2.05, 4.69) is 10.4 Å². The van der Waals surface area contributed by atoms with E-state index in [-0.39, 0.29) is 5.91 Å². The maximum absolute atomic E-state index is 12.3. The van der Waals surface area contributed by atoms with Gasteiger partial charge in [-0.25, -0.2) is 0 Å². The highest BCUT2D eigenvalue weighted by Crippen LogP contribution is 2.39. The van der Waals surface area contributed by atoms with Gasteiger partial charge in [0.05, 0.1) is 12.8 Å². The Labute approximate surface area is 130 Å². The number of hydrogen-bond donors (Lipinski definition) is 1. The van der Waals surface area contributed by atoms with Gasteiger partial charge >= 0.3 is 0 Å². The van der Waals surface area contributed by atoms with Crippen LogP contribution in [0.25, 0.3) is 0 Å². The molecule has 22 heavy (non-hydrogen) atoms. The molecule has 0 spiro atoms. The molecule has 0 aliphatic heterocycles. The highest BCUT2D eigenvalue weighted by Gasteiger charge is 2.27. The Morgan fingerprint density at radius 1 is 1.41 bits per heavy atom. The largest absolute Gasteiger partial charge is 0.497 e. The molecule has 0 unspecified atom stereocenters. The van der Waals surface area contributed by atoms with Crippen LogP contribution >= 0.6 is 0 Å². The summed E-state index contributed by atoms with van der Waals surface area (Å²) in [7, 11) is 3.47. The smallest absolute Gasteiger partial charge is 0.269 e. The van der Waals surface area contributed by atoms with E-state index in [1.807, 2.05) is 38.2 Å². The Morgan fingerprint density at radius 3 is 2.82 bits per heavy atom. The fourth-order valence-electron chi connectivity index (χ4n) is 2.54. The predicted molar refractivity (Wildman–Crippen MR) is 84.1 cm³/mol. The van der Waals surface area contributed by atoms with Crippen molar-refractivity contribution < 1.29 is 9.53 Å². The lowest BCUT2D eigenvalue weighted by Crippen LogP contribution is -2.25. The van der Waals surface area contributed by atoms with Crippen molar-refractivity contribution in [3.63, 3.8) is 0 Å². The van der Waals surface area contributed by atoms with Crippen molar-refractivity contribution in [2.75, 3.05) is 7.11 Å². The van der Waals surface area contributed by atoms with Gasteiger partial charge in [0.15, 0.2) is 0 Å². The predicted octanol–water partition coefficient (Wildman–Crippen LogP) is 2.54. The summed E-state index contributed by atoms with van der Waals surface area (Å²) >= 11 is 0. The fourth-order valence-corrected chi connectivity index (χ4v) is 2.54. The van der Waals surface area contributed by atoms with Gasteiger partial charge in [-0.2, -0.15) is 5.10 Å². The first-order valence-corrected chi connectivity index (χ1v) is 7.54. The number of ether oxygens (including phenoxy) is 1. The zero-order chi connectivity index (χ0) is 15.7. The summed E-state index contributed by atoms with van der Waals surface area (Å²) in [5, 5.41) is 7.39.